The molecule has 0 spiro atoms. The molecule has 1 fully saturated rings. The van der Waals surface area contributed by atoms with E-state index in [1.54, 1.807) is 6.07 Å². The Bertz CT molecular complexity index is 464. The lowest BCUT2D eigenvalue weighted by Gasteiger charge is -2.09. The second kappa shape index (κ2) is 5.45. The maximum Gasteiger partial charge on any atom is 0.250 e. The Morgan fingerprint density at radius 1 is 1.59 bits per heavy atom. The molecule has 1 saturated heterocycles. The lowest BCUT2D eigenvalue weighted by atomic mass is 10.3. The molecule has 1 unspecified atom stereocenters. The first-order valence-electron chi connectivity index (χ1n) is 5.44. The van der Waals surface area contributed by atoms with Gasteiger partial charge in [0.05, 0.1) is 6.61 Å². The van der Waals surface area contributed by atoms with Gasteiger partial charge in [0.15, 0.2) is 0 Å². The molecule has 1 atom stereocenters. The molecule has 5 nitrogen and oxygen atoms in total. The van der Waals surface area contributed by atoms with Crippen molar-refractivity contribution in [3.05, 3.63) is 17.0 Å². The number of sulfonamides is 1. The van der Waals surface area contributed by atoms with Crippen LogP contribution in [0.4, 0.5) is 0 Å². The van der Waals surface area contributed by atoms with Crippen molar-refractivity contribution in [3.8, 4) is 0 Å². The predicted molar refractivity (Wildman–Crippen MR) is 66.6 cm³/mol. The molecule has 17 heavy (non-hydrogen) atoms. The van der Waals surface area contributed by atoms with Crippen LogP contribution in [-0.2, 0) is 21.3 Å². The number of rotatable bonds is 5. The van der Waals surface area contributed by atoms with Crippen molar-refractivity contribution in [3.63, 3.8) is 0 Å². The van der Waals surface area contributed by atoms with Crippen molar-refractivity contribution in [1.29, 1.82) is 0 Å². The van der Waals surface area contributed by atoms with Gasteiger partial charge in [-0.1, -0.05) is 0 Å². The highest BCUT2D eigenvalue weighted by Gasteiger charge is 2.24. The second-order valence-electron chi connectivity index (χ2n) is 3.99. The van der Waals surface area contributed by atoms with Gasteiger partial charge < -0.3 is 10.1 Å². The summed E-state index contributed by atoms with van der Waals surface area (Å²) >= 11 is 1.25. The molecule has 1 aliphatic rings. The van der Waals surface area contributed by atoms with E-state index in [-0.39, 0.29) is 6.04 Å². The van der Waals surface area contributed by atoms with Crippen molar-refractivity contribution in [2.75, 3.05) is 20.3 Å². The van der Waals surface area contributed by atoms with Crippen molar-refractivity contribution in [2.45, 2.75) is 23.2 Å². The van der Waals surface area contributed by atoms with E-state index in [9.17, 15) is 8.42 Å². The zero-order valence-corrected chi connectivity index (χ0v) is 11.2. The Morgan fingerprint density at radius 2 is 2.41 bits per heavy atom. The quantitative estimate of drug-likeness (QED) is 0.823. The first-order chi connectivity index (χ1) is 8.12. The SMILES string of the molecule is CNCc1csc(S(=O)(=O)NC2CCOC2)c1. The highest BCUT2D eigenvalue weighted by atomic mass is 32.2. The number of ether oxygens (including phenoxy) is 1. The van der Waals surface area contributed by atoms with Gasteiger partial charge in [-0.3, -0.25) is 0 Å². The molecule has 0 aromatic carbocycles. The smallest absolute Gasteiger partial charge is 0.250 e. The summed E-state index contributed by atoms with van der Waals surface area (Å²) in [5.74, 6) is 0. The topological polar surface area (TPSA) is 67.4 Å². The molecule has 1 aromatic heterocycles. The van der Waals surface area contributed by atoms with E-state index in [2.05, 4.69) is 10.0 Å². The summed E-state index contributed by atoms with van der Waals surface area (Å²) < 4.78 is 32.2. The van der Waals surface area contributed by atoms with Crippen LogP contribution in [0, 0.1) is 0 Å². The molecular formula is C10H16N2O3S2. The molecule has 0 aliphatic carbocycles. The fourth-order valence-corrected chi connectivity index (χ4v) is 4.18. The minimum Gasteiger partial charge on any atom is -0.380 e. The summed E-state index contributed by atoms with van der Waals surface area (Å²) in [6.45, 7) is 1.77. The van der Waals surface area contributed by atoms with Crippen LogP contribution < -0.4 is 10.0 Å². The van der Waals surface area contributed by atoms with Crippen molar-refractivity contribution in [1.82, 2.24) is 10.0 Å². The lowest BCUT2D eigenvalue weighted by molar-refractivity contribution is 0.192. The Kier molecular flexibility index (Phi) is 4.16. The summed E-state index contributed by atoms with van der Waals surface area (Å²) in [7, 11) is -1.55. The van der Waals surface area contributed by atoms with Crippen LogP contribution in [0.15, 0.2) is 15.7 Å². The number of thiophene rings is 1. The van der Waals surface area contributed by atoms with E-state index >= 15 is 0 Å². The van der Waals surface area contributed by atoms with Gasteiger partial charge in [0.25, 0.3) is 0 Å². The highest BCUT2D eigenvalue weighted by molar-refractivity contribution is 7.91. The van der Waals surface area contributed by atoms with E-state index < -0.39 is 10.0 Å². The van der Waals surface area contributed by atoms with E-state index in [1.165, 1.54) is 11.3 Å². The number of nitrogens with one attached hydrogen (secondary N) is 2. The number of hydrogen-bond acceptors (Lipinski definition) is 5. The largest absolute Gasteiger partial charge is 0.380 e. The van der Waals surface area contributed by atoms with E-state index in [1.807, 2.05) is 12.4 Å². The fourth-order valence-electron chi connectivity index (χ4n) is 1.70. The molecule has 2 N–H and O–H groups in total. The summed E-state index contributed by atoms with van der Waals surface area (Å²) in [4.78, 5) is 0. The fraction of sp³-hybridized carbons (Fsp3) is 0.600. The van der Waals surface area contributed by atoms with Crippen LogP contribution in [0.3, 0.4) is 0 Å². The third-order valence-corrected chi connectivity index (χ3v) is 5.54. The minimum atomic E-state index is -3.38. The average molecular weight is 276 g/mol. The van der Waals surface area contributed by atoms with Crippen LogP contribution in [0.2, 0.25) is 0 Å². The molecule has 1 aliphatic heterocycles. The molecule has 2 heterocycles. The van der Waals surface area contributed by atoms with Crippen molar-refractivity contribution < 1.29 is 13.2 Å². The zero-order chi connectivity index (χ0) is 12.3. The van der Waals surface area contributed by atoms with Gasteiger partial charge in [0, 0.05) is 19.2 Å². The van der Waals surface area contributed by atoms with Gasteiger partial charge >= 0.3 is 0 Å². The summed E-state index contributed by atoms with van der Waals surface area (Å²) in [6.07, 6.45) is 0.744. The summed E-state index contributed by atoms with van der Waals surface area (Å²) in [6, 6.07) is 1.62. The third kappa shape index (κ3) is 3.26. The molecule has 0 bridgehead atoms. The molecular weight excluding hydrogens is 260 g/mol. The standard InChI is InChI=1S/C10H16N2O3S2/c1-11-5-8-4-10(16-7-8)17(13,14)12-9-2-3-15-6-9/h4,7,9,11-12H,2-3,5-6H2,1H3. The maximum atomic E-state index is 12.0. The monoisotopic (exact) mass is 276 g/mol. The van der Waals surface area contributed by atoms with Gasteiger partial charge in [-0.2, -0.15) is 0 Å². The first kappa shape index (κ1) is 13.0. The average Bonchev–Trinajstić information content (AvgIpc) is 2.88. The lowest BCUT2D eigenvalue weighted by Crippen LogP contribution is -2.34. The van der Waals surface area contributed by atoms with Crippen LogP contribution in [0.25, 0.3) is 0 Å². The Hall–Kier alpha value is -0.470. The van der Waals surface area contributed by atoms with Gasteiger partial charge in [0.2, 0.25) is 10.0 Å². The maximum absolute atomic E-state index is 12.0. The molecule has 96 valence electrons. The molecule has 0 radical (unpaired) electrons. The van der Waals surface area contributed by atoms with E-state index in [4.69, 9.17) is 4.74 Å². The molecule has 0 amide bonds. The van der Waals surface area contributed by atoms with E-state index in [0.29, 0.717) is 24.0 Å². The van der Waals surface area contributed by atoms with Gasteiger partial charge in [-0.05, 0) is 30.5 Å². The van der Waals surface area contributed by atoms with Gasteiger partial charge in [-0.25, -0.2) is 13.1 Å². The van der Waals surface area contributed by atoms with Crippen molar-refractivity contribution in [2.24, 2.45) is 0 Å². The summed E-state index contributed by atoms with van der Waals surface area (Å²) in [5.41, 5.74) is 0.987. The van der Waals surface area contributed by atoms with Crippen LogP contribution in [-0.4, -0.2) is 34.7 Å². The Labute approximate surface area is 105 Å². The number of hydrogen-bond donors (Lipinski definition) is 2. The van der Waals surface area contributed by atoms with Crippen LogP contribution in [0.1, 0.15) is 12.0 Å². The Morgan fingerprint density at radius 3 is 3.06 bits per heavy atom. The second-order valence-corrected chi connectivity index (χ2v) is 6.84. The molecule has 2 rings (SSSR count). The van der Waals surface area contributed by atoms with Gasteiger partial charge in [-0.15, -0.1) is 11.3 Å². The third-order valence-electron chi connectivity index (χ3n) is 2.53. The minimum absolute atomic E-state index is 0.0881. The molecule has 0 saturated carbocycles. The molecule has 7 heteroatoms. The van der Waals surface area contributed by atoms with Crippen LogP contribution in [0.5, 0.6) is 0 Å². The van der Waals surface area contributed by atoms with Gasteiger partial charge in [0.1, 0.15) is 4.21 Å². The summed E-state index contributed by atoms with van der Waals surface area (Å²) in [5, 5.41) is 4.85. The van der Waals surface area contributed by atoms with E-state index in [0.717, 1.165) is 12.0 Å². The zero-order valence-electron chi connectivity index (χ0n) is 9.60. The van der Waals surface area contributed by atoms with Crippen molar-refractivity contribution >= 4 is 21.4 Å². The van der Waals surface area contributed by atoms with Crippen LogP contribution >= 0.6 is 11.3 Å². The molecule has 1 aromatic rings. The first-order valence-corrected chi connectivity index (χ1v) is 7.80. The normalized spacial score (nSPS) is 20.9. The predicted octanol–water partition coefficient (Wildman–Crippen LogP) is 0.535. The Balaban J connectivity index is 2.07. The highest BCUT2D eigenvalue weighted by Crippen LogP contribution is 2.21.